The number of nitrogens with one attached hydrogen (secondary N) is 1. The summed E-state index contributed by atoms with van der Waals surface area (Å²) in [6, 6.07) is -0.932. The number of carbonyl (C=O) groups excluding carboxylic acids is 1. The number of carbonyl (C=O) groups is 1. The molecule has 1 aromatic heterocycles. The molecule has 0 bridgehead atoms. The third-order valence-electron chi connectivity index (χ3n) is 5.83. The molecule has 0 saturated carbocycles. The van der Waals surface area contributed by atoms with Gasteiger partial charge in [0.2, 0.25) is 5.88 Å². The monoisotopic (exact) mass is 437 g/mol. The van der Waals surface area contributed by atoms with Gasteiger partial charge in [-0.15, -0.1) is 4.36 Å². The average molecular weight is 437 g/mol. The molecule has 0 unspecified atom stereocenters. The van der Waals surface area contributed by atoms with Gasteiger partial charge in [0.1, 0.15) is 23.0 Å². The summed E-state index contributed by atoms with van der Waals surface area (Å²) in [6.07, 6.45) is 1.80. The van der Waals surface area contributed by atoms with Gasteiger partial charge in [-0.2, -0.15) is 5.10 Å². The highest BCUT2D eigenvalue weighted by molar-refractivity contribution is 7.91. The minimum Gasteiger partial charge on any atom is -0.472 e. The molecule has 0 spiro atoms. The number of fused-ring (bicyclic) bond motifs is 3. The number of ether oxygens (including phenoxy) is 1. The molecule has 0 saturated heterocycles. The summed E-state index contributed by atoms with van der Waals surface area (Å²) in [7, 11) is -3.63. The highest BCUT2D eigenvalue weighted by Crippen LogP contribution is 2.41. The van der Waals surface area contributed by atoms with Crippen molar-refractivity contribution in [2.75, 3.05) is 5.32 Å². The van der Waals surface area contributed by atoms with Gasteiger partial charge in [-0.05, 0) is 48.4 Å². The van der Waals surface area contributed by atoms with Crippen LogP contribution in [0.5, 0.6) is 5.88 Å². The van der Waals surface area contributed by atoms with E-state index in [0.717, 1.165) is 6.42 Å². The first-order chi connectivity index (χ1) is 14.2. The van der Waals surface area contributed by atoms with Gasteiger partial charge in [0, 0.05) is 18.5 Å². The molecular formula is C19H21F2N5O3S. The van der Waals surface area contributed by atoms with Crippen molar-refractivity contribution < 1.29 is 22.5 Å². The Hall–Kier alpha value is -2.53. The highest BCUT2D eigenvalue weighted by Gasteiger charge is 2.34. The predicted octanol–water partition coefficient (Wildman–Crippen LogP) is 2.66. The Balaban J connectivity index is 1.51. The van der Waals surface area contributed by atoms with Crippen LogP contribution in [0.25, 0.3) is 0 Å². The molecule has 3 N–H and O–H groups in total. The zero-order chi connectivity index (χ0) is 21.2. The molecule has 3 aliphatic rings. The maximum atomic E-state index is 14.8. The van der Waals surface area contributed by atoms with Crippen LogP contribution in [0.15, 0.2) is 15.5 Å². The third kappa shape index (κ3) is 2.99. The molecule has 3 atom stereocenters. The van der Waals surface area contributed by atoms with Gasteiger partial charge in [-0.25, -0.2) is 27.6 Å². The molecule has 8 nitrogen and oxygen atoms in total. The molecule has 0 radical (unpaired) electrons. The number of rotatable bonds is 2. The Labute approximate surface area is 172 Å². The summed E-state index contributed by atoms with van der Waals surface area (Å²) in [5.41, 5.74) is 2.33. The van der Waals surface area contributed by atoms with Gasteiger partial charge in [-0.1, -0.05) is 0 Å². The Morgan fingerprint density at radius 2 is 2.07 bits per heavy atom. The highest BCUT2D eigenvalue weighted by atomic mass is 32.2. The normalized spacial score (nSPS) is 23.3. The van der Waals surface area contributed by atoms with Crippen molar-refractivity contribution in [1.82, 2.24) is 9.78 Å². The quantitative estimate of drug-likeness (QED) is 0.752. The molecule has 2 aliphatic carbocycles. The van der Waals surface area contributed by atoms with E-state index in [-0.39, 0.29) is 35.5 Å². The zero-order valence-electron chi connectivity index (χ0n) is 16.3. The summed E-state index contributed by atoms with van der Waals surface area (Å²) >= 11 is 0. The molecule has 30 heavy (non-hydrogen) atoms. The lowest BCUT2D eigenvalue weighted by molar-refractivity contribution is 0.248. The van der Waals surface area contributed by atoms with E-state index in [2.05, 4.69) is 14.8 Å². The molecule has 1 aromatic carbocycles. The van der Waals surface area contributed by atoms with Gasteiger partial charge in [0.25, 0.3) is 0 Å². The van der Waals surface area contributed by atoms with Crippen molar-refractivity contribution in [2.45, 2.75) is 62.7 Å². The standard InChI is InChI=1S/C19H21F2N5O3S/c1-9-8-26-18(29-9)15(7-23-26)30(22,28)25-19(27)24-17-12-4-2-3-11(12)16(21)13-5-10(20)6-14(13)17/h7,9-10H,2-6,8H2,1H3,(H3,22,24,25,27,28)/t9-,10-,30-/m0/s1. The number of nitrogens with two attached hydrogens (primary N) is 1. The van der Waals surface area contributed by atoms with Crippen LogP contribution in [0.1, 0.15) is 35.6 Å². The number of benzene rings is 1. The number of aromatic nitrogens is 2. The third-order valence-corrected chi connectivity index (χ3v) is 7.18. The van der Waals surface area contributed by atoms with Gasteiger partial charge in [-0.3, -0.25) is 0 Å². The van der Waals surface area contributed by atoms with Crippen LogP contribution in [0.2, 0.25) is 0 Å². The molecule has 2 aromatic rings. The first kappa shape index (κ1) is 19.4. The van der Waals surface area contributed by atoms with E-state index in [4.69, 9.17) is 9.88 Å². The second kappa shape index (κ2) is 6.74. The fourth-order valence-corrected chi connectivity index (χ4v) is 5.59. The minimum atomic E-state index is -3.63. The van der Waals surface area contributed by atoms with Gasteiger partial charge >= 0.3 is 6.03 Å². The molecule has 5 rings (SSSR count). The summed E-state index contributed by atoms with van der Waals surface area (Å²) in [4.78, 5) is 12.7. The van der Waals surface area contributed by atoms with Crippen molar-refractivity contribution in [3.05, 3.63) is 34.3 Å². The van der Waals surface area contributed by atoms with E-state index in [0.29, 0.717) is 47.3 Å². The maximum Gasteiger partial charge on any atom is 0.354 e. The number of halogens is 2. The number of anilines is 1. The van der Waals surface area contributed by atoms with E-state index in [1.54, 1.807) is 0 Å². The Kier molecular flexibility index (Phi) is 4.37. The molecular weight excluding hydrogens is 416 g/mol. The predicted molar refractivity (Wildman–Crippen MR) is 105 cm³/mol. The van der Waals surface area contributed by atoms with Gasteiger partial charge in [0.05, 0.1) is 12.7 Å². The van der Waals surface area contributed by atoms with Crippen LogP contribution >= 0.6 is 0 Å². The van der Waals surface area contributed by atoms with Crippen LogP contribution in [0, 0.1) is 5.82 Å². The van der Waals surface area contributed by atoms with Gasteiger partial charge in [0.15, 0.2) is 9.92 Å². The fourth-order valence-electron chi connectivity index (χ4n) is 4.59. The smallest absolute Gasteiger partial charge is 0.354 e. The Bertz CT molecular complexity index is 1200. The number of alkyl halides is 1. The second-order valence-electron chi connectivity index (χ2n) is 7.98. The lowest BCUT2D eigenvalue weighted by Crippen LogP contribution is -2.19. The number of hydrogen-bond donors (Lipinski definition) is 2. The fraction of sp³-hybridized carbons (Fsp3) is 0.474. The summed E-state index contributed by atoms with van der Waals surface area (Å²) < 4.78 is 52.6. The Morgan fingerprint density at radius 1 is 1.33 bits per heavy atom. The van der Waals surface area contributed by atoms with Crippen LogP contribution in [0.4, 0.5) is 19.3 Å². The summed E-state index contributed by atoms with van der Waals surface area (Å²) in [5, 5.41) is 12.6. The first-order valence-electron chi connectivity index (χ1n) is 9.82. The molecule has 160 valence electrons. The van der Waals surface area contributed by atoms with E-state index >= 15 is 0 Å². The lowest BCUT2D eigenvalue weighted by atomic mass is 9.98. The zero-order valence-corrected chi connectivity index (χ0v) is 17.1. The lowest BCUT2D eigenvalue weighted by Gasteiger charge is -2.16. The number of urea groups is 1. The minimum absolute atomic E-state index is 0.0137. The van der Waals surface area contributed by atoms with Crippen molar-refractivity contribution in [2.24, 2.45) is 9.50 Å². The molecule has 2 heterocycles. The molecule has 2 amide bonds. The SMILES string of the molecule is C[C@H]1Cn2ncc([S@@](N)(=O)=NC(=O)Nc3c4c(c(F)c5c3C[C@@H](F)C5)CCC4)c2O1. The van der Waals surface area contributed by atoms with Crippen LogP contribution in [-0.4, -0.2) is 32.3 Å². The molecule has 1 aliphatic heterocycles. The van der Waals surface area contributed by atoms with Crippen LogP contribution < -0.4 is 15.2 Å². The summed E-state index contributed by atoms with van der Waals surface area (Å²) in [6.45, 7) is 2.31. The average Bonchev–Trinajstić information content (AvgIpc) is 3.40. The van der Waals surface area contributed by atoms with Crippen molar-refractivity contribution in [1.29, 1.82) is 0 Å². The van der Waals surface area contributed by atoms with Crippen molar-refractivity contribution >= 4 is 21.6 Å². The number of amides is 2. The second-order valence-corrected chi connectivity index (χ2v) is 9.74. The van der Waals surface area contributed by atoms with E-state index in [9.17, 15) is 17.8 Å². The Morgan fingerprint density at radius 3 is 2.87 bits per heavy atom. The van der Waals surface area contributed by atoms with E-state index in [1.807, 2.05) is 6.92 Å². The maximum absolute atomic E-state index is 14.8. The number of hydrogen-bond acceptors (Lipinski definition) is 4. The first-order valence-corrected chi connectivity index (χ1v) is 11.4. The largest absolute Gasteiger partial charge is 0.472 e. The van der Waals surface area contributed by atoms with Crippen molar-refractivity contribution in [3.63, 3.8) is 0 Å². The molecule has 11 heteroatoms. The van der Waals surface area contributed by atoms with Crippen LogP contribution in [0.3, 0.4) is 0 Å². The number of nitrogens with zero attached hydrogens (tertiary/aromatic N) is 3. The van der Waals surface area contributed by atoms with Crippen LogP contribution in [-0.2, 0) is 42.1 Å². The van der Waals surface area contributed by atoms with Crippen molar-refractivity contribution in [3.8, 4) is 5.88 Å². The molecule has 0 fully saturated rings. The van der Waals surface area contributed by atoms with E-state index < -0.39 is 22.1 Å². The summed E-state index contributed by atoms with van der Waals surface area (Å²) in [5.74, 6) is -0.132. The van der Waals surface area contributed by atoms with E-state index in [1.165, 1.54) is 10.9 Å². The van der Waals surface area contributed by atoms with Gasteiger partial charge < -0.3 is 10.1 Å². The topological polar surface area (TPSA) is 112 Å².